The van der Waals surface area contributed by atoms with Crippen LogP contribution in [0, 0.1) is 11.6 Å². The maximum atomic E-state index is 13.7. The van der Waals surface area contributed by atoms with Crippen LogP contribution in [-0.4, -0.2) is 0 Å². The number of aryl methyl sites for hydroxylation is 1. The minimum atomic E-state index is -0.572. The summed E-state index contributed by atoms with van der Waals surface area (Å²) < 4.78 is 26.7. The molecule has 0 saturated carbocycles. The molecule has 20 heavy (non-hydrogen) atoms. The summed E-state index contributed by atoms with van der Waals surface area (Å²) in [5.41, 5.74) is 5.38. The van der Waals surface area contributed by atoms with Crippen molar-refractivity contribution in [2.45, 2.75) is 25.8 Å². The molecule has 0 aromatic heterocycles. The van der Waals surface area contributed by atoms with Gasteiger partial charge in [0.2, 0.25) is 0 Å². The van der Waals surface area contributed by atoms with Crippen LogP contribution in [0.2, 0.25) is 0 Å². The number of hydrogen-bond donors (Lipinski definition) is 2. The second kappa shape index (κ2) is 6.59. The van der Waals surface area contributed by atoms with Crippen LogP contribution in [0.15, 0.2) is 42.5 Å². The average molecular weight is 276 g/mol. The molecule has 4 heteroatoms. The minimum absolute atomic E-state index is 0.203. The molecule has 2 aromatic rings. The highest BCUT2D eigenvalue weighted by Crippen LogP contribution is 2.23. The average Bonchev–Trinajstić information content (AvgIpc) is 2.46. The lowest BCUT2D eigenvalue weighted by atomic mass is 9.94. The molecule has 106 valence electrons. The van der Waals surface area contributed by atoms with Gasteiger partial charge in [-0.3, -0.25) is 11.3 Å². The fourth-order valence-electron chi connectivity index (χ4n) is 2.36. The minimum Gasteiger partial charge on any atom is -0.271 e. The molecule has 0 amide bonds. The van der Waals surface area contributed by atoms with Crippen LogP contribution in [0.4, 0.5) is 8.78 Å². The molecule has 0 bridgehead atoms. The summed E-state index contributed by atoms with van der Waals surface area (Å²) in [6, 6.07) is 11.3. The van der Waals surface area contributed by atoms with Crippen LogP contribution in [0.5, 0.6) is 0 Å². The summed E-state index contributed by atoms with van der Waals surface area (Å²) in [6.45, 7) is 2.06. The van der Waals surface area contributed by atoms with Gasteiger partial charge in [0.25, 0.3) is 0 Å². The van der Waals surface area contributed by atoms with Crippen molar-refractivity contribution >= 4 is 0 Å². The Balaban J connectivity index is 2.29. The highest BCUT2D eigenvalue weighted by Gasteiger charge is 2.16. The van der Waals surface area contributed by atoms with Gasteiger partial charge in [-0.15, -0.1) is 0 Å². The summed E-state index contributed by atoms with van der Waals surface area (Å²) in [5.74, 6) is 4.50. The van der Waals surface area contributed by atoms with Gasteiger partial charge in [0.15, 0.2) is 0 Å². The maximum absolute atomic E-state index is 13.7. The largest absolute Gasteiger partial charge is 0.271 e. The van der Waals surface area contributed by atoms with E-state index in [-0.39, 0.29) is 6.04 Å². The van der Waals surface area contributed by atoms with Crippen LogP contribution < -0.4 is 11.3 Å². The van der Waals surface area contributed by atoms with Crippen molar-refractivity contribution in [3.05, 3.63) is 70.8 Å². The van der Waals surface area contributed by atoms with Crippen molar-refractivity contribution < 1.29 is 8.78 Å². The molecular weight excluding hydrogens is 258 g/mol. The standard InChI is InChI=1S/C16H18F2N2/c1-2-11-5-3-4-6-14(11)16(20-19)9-12-7-8-13(17)10-15(12)18/h3-8,10,16,20H,2,9,19H2,1H3. The fourth-order valence-corrected chi connectivity index (χ4v) is 2.36. The van der Waals surface area contributed by atoms with E-state index in [0.717, 1.165) is 23.6 Å². The van der Waals surface area contributed by atoms with Gasteiger partial charge >= 0.3 is 0 Å². The zero-order valence-electron chi connectivity index (χ0n) is 11.4. The topological polar surface area (TPSA) is 38.0 Å². The smallest absolute Gasteiger partial charge is 0.129 e. The molecule has 0 aliphatic heterocycles. The second-order valence-corrected chi connectivity index (χ2v) is 4.71. The molecule has 0 aliphatic rings. The number of halogens is 2. The molecule has 0 spiro atoms. The lowest BCUT2D eigenvalue weighted by Gasteiger charge is -2.19. The van der Waals surface area contributed by atoms with Crippen molar-refractivity contribution in [1.82, 2.24) is 5.43 Å². The highest BCUT2D eigenvalue weighted by molar-refractivity contribution is 5.32. The van der Waals surface area contributed by atoms with Gasteiger partial charge in [-0.1, -0.05) is 37.3 Å². The Morgan fingerprint density at radius 1 is 1.10 bits per heavy atom. The SMILES string of the molecule is CCc1ccccc1C(Cc1ccc(F)cc1F)NN. The van der Waals surface area contributed by atoms with Crippen LogP contribution in [0.3, 0.4) is 0 Å². The Kier molecular flexibility index (Phi) is 4.82. The third-order valence-electron chi connectivity index (χ3n) is 3.45. The lowest BCUT2D eigenvalue weighted by Crippen LogP contribution is -2.30. The van der Waals surface area contributed by atoms with E-state index in [4.69, 9.17) is 5.84 Å². The molecule has 0 saturated heterocycles. The highest BCUT2D eigenvalue weighted by atomic mass is 19.1. The van der Waals surface area contributed by atoms with E-state index >= 15 is 0 Å². The lowest BCUT2D eigenvalue weighted by molar-refractivity contribution is 0.519. The summed E-state index contributed by atoms with van der Waals surface area (Å²) in [5, 5.41) is 0. The van der Waals surface area contributed by atoms with Crippen molar-refractivity contribution in [3.8, 4) is 0 Å². The molecule has 1 unspecified atom stereocenters. The monoisotopic (exact) mass is 276 g/mol. The number of rotatable bonds is 5. The first-order valence-electron chi connectivity index (χ1n) is 6.63. The Morgan fingerprint density at radius 2 is 1.85 bits per heavy atom. The summed E-state index contributed by atoms with van der Waals surface area (Å²) >= 11 is 0. The van der Waals surface area contributed by atoms with E-state index in [9.17, 15) is 8.78 Å². The van der Waals surface area contributed by atoms with Gasteiger partial charge in [0.1, 0.15) is 11.6 Å². The van der Waals surface area contributed by atoms with Crippen molar-refractivity contribution in [3.63, 3.8) is 0 Å². The molecule has 1 atom stereocenters. The Morgan fingerprint density at radius 3 is 2.50 bits per heavy atom. The predicted molar refractivity (Wildman–Crippen MR) is 75.9 cm³/mol. The number of hydrazine groups is 1. The van der Waals surface area contributed by atoms with E-state index in [2.05, 4.69) is 12.3 Å². The molecule has 2 rings (SSSR count). The van der Waals surface area contributed by atoms with E-state index in [0.29, 0.717) is 12.0 Å². The molecule has 0 heterocycles. The molecule has 0 fully saturated rings. The number of benzene rings is 2. The number of hydrogen-bond acceptors (Lipinski definition) is 2. The van der Waals surface area contributed by atoms with Crippen molar-refractivity contribution in [2.24, 2.45) is 5.84 Å². The second-order valence-electron chi connectivity index (χ2n) is 4.71. The van der Waals surface area contributed by atoms with E-state index in [1.807, 2.05) is 24.3 Å². The van der Waals surface area contributed by atoms with Crippen molar-refractivity contribution in [1.29, 1.82) is 0 Å². The zero-order valence-corrected chi connectivity index (χ0v) is 11.4. The van der Waals surface area contributed by atoms with Crippen LogP contribution in [0.1, 0.15) is 29.7 Å². The Labute approximate surface area is 117 Å². The molecule has 0 aliphatic carbocycles. The van der Waals surface area contributed by atoms with Crippen LogP contribution >= 0.6 is 0 Å². The first-order valence-corrected chi connectivity index (χ1v) is 6.63. The molecule has 2 nitrogen and oxygen atoms in total. The van der Waals surface area contributed by atoms with Gasteiger partial charge < -0.3 is 0 Å². The Hall–Kier alpha value is -1.78. The zero-order chi connectivity index (χ0) is 14.5. The molecule has 0 radical (unpaired) electrons. The fraction of sp³-hybridized carbons (Fsp3) is 0.250. The van der Waals surface area contributed by atoms with E-state index in [1.165, 1.54) is 12.1 Å². The molecular formula is C16H18F2N2. The summed E-state index contributed by atoms with van der Waals surface area (Å²) in [7, 11) is 0. The number of nitrogens with one attached hydrogen (secondary N) is 1. The quantitative estimate of drug-likeness (QED) is 0.649. The Bertz CT molecular complexity index is 584. The molecule has 2 aromatic carbocycles. The molecule has 3 N–H and O–H groups in total. The first-order chi connectivity index (χ1) is 9.65. The number of nitrogens with two attached hydrogens (primary N) is 1. The normalized spacial score (nSPS) is 12.4. The van der Waals surface area contributed by atoms with Gasteiger partial charge in [-0.05, 0) is 35.6 Å². The van der Waals surface area contributed by atoms with Crippen LogP contribution in [0.25, 0.3) is 0 Å². The predicted octanol–water partition coefficient (Wildman–Crippen LogP) is 3.27. The van der Waals surface area contributed by atoms with E-state index in [1.54, 1.807) is 0 Å². The summed E-state index contributed by atoms with van der Waals surface area (Å²) in [4.78, 5) is 0. The maximum Gasteiger partial charge on any atom is 0.129 e. The summed E-state index contributed by atoms with van der Waals surface area (Å²) in [6.07, 6.45) is 1.25. The van der Waals surface area contributed by atoms with Gasteiger partial charge in [0.05, 0.1) is 6.04 Å². The van der Waals surface area contributed by atoms with Crippen LogP contribution in [-0.2, 0) is 12.8 Å². The van der Waals surface area contributed by atoms with Crippen molar-refractivity contribution in [2.75, 3.05) is 0 Å². The van der Waals surface area contributed by atoms with Gasteiger partial charge in [-0.2, -0.15) is 0 Å². The third-order valence-corrected chi connectivity index (χ3v) is 3.45. The first kappa shape index (κ1) is 14.6. The van der Waals surface area contributed by atoms with Gasteiger partial charge in [0, 0.05) is 6.07 Å². The van der Waals surface area contributed by atoms with E-state index < -0.39 is 11.6 Å². The third kappa shape index (κ3) is 3.21. The van der Waals surface area contributed by atoms with Gasteiger partial charge in [-0.25, -0.2) is 8.78 Å².